The van der Waals surface area contributed by atoms with Crippen molar-refractivity contribution < 1.29 is 33.8 Å². The quantitative estimate of drug-likeness (QED) is 0.177. The van der Waals surface area contributed by atoms with Gasteiger partial charge in [-0.3, -0.25) is 9.59 Å². The maximum atomic E-state index is 13.6. The van der Waals surface area contributed by atoms with Crippen molar-refractivity contribution in [3.8, 4) is 0 Å². The van der Waals surface area contributed by atoms with Gasteiger partial charge in [-0.25, -0.2) is 9.59 Å². The molecule has 4 rings (SSSR count). The second kappa shape index (κ2) is 19.9. The lowest BCUT2D eigenvalue weighted by molar-refractivity contribution is -0.147. The maximum Gasteiger partial charge on any atom is 0.408 e. The molecule has 0 saturated carbocycles. The number of allylic oxidation sites excluding steroid dienone is 1. The third-order valence-corrected chi connectivity index (χ3v) is 8.86. The molecule has 1 aliphatic heterocycles. The van der Waals surface area contributed by atoms with Crippen molar-refractivity contribution >= 4 is 35.6 Å². The monoisotopic (exact) mass is 673 g/mol. The van der Waals surface area contributed by atoms with E-state index in [2.05, 4.69) is 10.6 Å². The highest BCUT2D eigenvalue weighted by atomic mass is 32.2. The van der Waals surface area contributed by atoms with Crippen LogP contribution in [0.2, 0.25) is 0 Å². The molecule has 3 N–H and O–H groups in total. The number of esters is 1. The van der Waals surface area contributed by atoms with E-state index in [0.717, 1.165) is 16.7 Å². The second-order valence-electron chi connectivity index (χ2n) is 11.5. The van der Waals surface area contributed by atoms with Crippen LogP contribution in [0.15, 0.2) is 103 Å². The Kier molecular flexibility index (Phi) is 15.0. The summed E-state index contributed by atoms with van der Waals surface area (Å²) in [6.07, 6.45) is 2.96. The molecule has 0 radical (unpaired) electrons. The molecule has 0 bridgehead atoms. The van der Waals surface area contributed by atoms with Crippen molar-refractivity contribution in [2.45, 2.75) is 50.3 Å². The fourth-order valence-electron chi connectivity index (χ4n) is 5.08. The summed E-state index contributed by atoms with van der Waals surface area (Å²) in [5.41, 5.74) is 2.84. The Morgan fingerprint density at radius 3 is 2.19 bits per heavy atom. The Labute approximate surface area is 285 Å². The Balaban J connectivity index is 1.46. The van der Waals surface area contributed by atoms with Gasteiger partial charge in [-0.2, -0.15) is 11.8 Å². The third kappa shape index (κ3) is 12.5. The molecule has 48 heavy (non-hydrogen) atoms. The molecular formula is C37H43N3O7S. The van der Waals surface area contributed by atoms with Crippen molar-refractivity contribution in [3.05, 3.63) is 120 Å². The van der Waals surface area contributed by atoms with Crippen molar-refractivity contribution in [2.75, 3.05) is 25.5 Å². The molecule has 0 saturated heterocycles. The van der Waals surface area contributed by atoms with E-state index in [-0.39, 0.29) is 57.4 Å². The van der Waals surface area contributed by atoms with Gasteiger partial charge in [-0.15, -0.1) is 0 Å². The first-order valence-corrected chi connectivity index (χ1v) is 17.2. The molecular weight excluding hydrogens is 630 g/mol. The van der Waals surface area contributed by atoms with Crippen LogP contribution in [-0.4, -0.2) is 71.5 Å². The van der Waals surface area contributed by atoms with E-state index in [4.69, 9.17) is 9.47 Å². The number of nitrogens with zero attached hydrogens (tertiary/aromatic N) is 1. The predicted octanol–water partition coefficient (Wildman–Crippen LogP) is 4.62. The fraction of sp³-hybridized carbons (Fsp3) is 0.351. The predicted molar refractivity (Wildman–Crippen MR) is 184 cm³/mol. The zero-order valence-electron chi connectivity index (χ0n) is 26.9. The molecule has 3 atom stereocenters. The van der Waals surface area contributed by atoms with Gasteiger partial charge < -0.3 is 30.1 Å². The molecule has 11 heteroatoms. The minimum absolute atomic E-state index is 0.0459. The Morgan fingerprint density at radius 2 is 1.52 bits per heavy atom. The summed E-state index contributed by atoms with van der Waals surface area (Å²) in [5, 5.41) is 15.3. The summed E-state index contributed by atoms with van der Waals surface area (Å²) in [6, 6.07) is 27.0. The SMILES string of the molecule is O=C(NC1CC=CCC(CC(=O)N(CCO)Cc2ccccc2)C(=O)NC(CSCc2ccccc2)COC1=O)OCc1ccccc1. The van der Waals surface area contributed by atoms with E-state index in [1.807, 2.05) is 91.0 Å². The smallest absolute Gasteiger partial charge is 0.408 e. The van der Waals surface area contributed by atoms with Crippen LogP contribution in [-0.2, 0) is 42.8 Å². The van der Waals surface area contributed by atoms with E-state index >= 15 is 0 Å². The number of nitrogens with one attached hydrogen (secondary N) is 2. The lowest BCUT2D eigenvalue weighted by atomic mass is 9.97. The first-order chi connectivity index (χ1) is 23.4. The Morgan fingerprint density at radius 1 is 0.896 bits per heavy atom. The molecule has 0 spiro atoms. The van der Waals surface area contributed by atoms with Crippen molar-refractivity contribution in [3.63, 3.8) is 0 Å². The van der Waals surface area contributed by atoms with E-state index in [0.29, 0.717) is 18.1 Å². The minimum Gasteiger partial charge on any atom is -0.462 e. The number of carbonyl (C=O) groups excluding carboxylic acids is 4. The number of hydrogen-bond donors (Lipinski definition) is 3. The van der Waals surface area contributed by atoms with Gasteiger partial charge in [0.05, 0.1) is 18.6 Å². The van der Waals surface area contributed by atoms with Gasteiger partial charge in [0.2, 0.25) is 11.8 Å². The van der Waals surface area contributed by atoms with Crippen LogP contribution in [0, 0.1) is 5.92 Å². The van der Waals surface area contributed by atoms with Gasteiger partial charge >= 0.3 is 12.1 Å². The summed E-state index contributed by atoms with van der Waals surface area (Å²) in [7, 11) is 0. The highest BCUT2D eigenvalue weighted by molar-refractivity contribution is 7.98. The molecule has 3 unspecified atom stereocenters. The van der Waals surface area contributed by atoms with Crippen LogP contribution >= 0.6 is 11.8 Å². The second-order valence-corrected chi connectivity index (χ2v) is 12.5. The standard InChI is InChI=1S/C37H43N3O7S/c41-21-20-40(23-28-12-4-1-5-13-28)34(42)22-31-18-10-11-19-33(39-37(45)47-24-29-14-6-2-7-15-29)36(44)46-25-32(38-35(31)43)27-48-26-30-16-8-3-9-17-30/h1-17,31-33,41H,18-27H2,(H,38,43)(H,39,45). The molecule has 254 valence electrons. The minimum atomic E-state index is -1.01. The lowest BCUT2D eigenvalue weighted by Crippen LogP contribution is -2.47. The largest absolute Gasteiger partial charge is 0.462 e. The number of amides is 3. The van der Waals surface area contributed by atoms with Crippen molar-refractivity contribution in [1.29, 1.82) is 0 Å². The van der Waals surface area contributed by atoms with Crippen LogP contribution in [0.5, 0.6) is 0 Å². The number of ether oxygens (including phenoxy) is 2. The first kappa shape index (κ1) is 36.2. The number of benzene rings is 3. The summed E-state index contributed by atoms with van der Waals surface area (Å²) in [6.45, 7) is 0.180. The van der Waals surface area contributed by atoms with Gasteiger partial charge in [-0.1, -0.05) is 103 Å². The highest BCUT2D eigenvalue weighted by Crippen LogP contribution is 2.18. The Bertz CT molecular complexity index is 1470. The van der Waals surface area contributed by atoms with Crippen LogP contribution in [0.25, 0.3) is 0 Å². The van der Waals surface area contributed by atoms with Crippen LogP contribution < -0.4 is 10.6 Å². The average Bonchev–Trinajstić information content (AvgIpc) is 3.10. The molecule has 0 aromatic heterocycles. The molecule has 3 aromatic rings. The molecule has 3 aromatic carbocycles. The van der Waals surface area contributed by atoms with Gasteiger partial charge in [0.25, 0.3) is 0 Å². The van der Waals surface area contributed by atoms with E-state index in [1.165, 1.54) is 0 Å². The topological polar surface area (TPSA) is 134 Å². The van der Waals surface area contributed by atoms with E-state index in [1.54, 1.807) is 28.8 Å². The van der Waals surface area contributed by atoms with Crippen molar-refractivity contribution in [1.82, 2.24) is 15.5 Å². The van der Waals surface area contributed by atoms with Gasteiger partial charge in [0.1, 0.15) is 19.3 Å². The highest BCUT2D eigenvalue weighted by Gasteiger charge is 2.29. The van der Waals surface area contributed by atoms with Gasteiger partial charge in [-0.05, 0) is 29.5 Å². The van der Waals surface area contributed by atoms with Gasteiger partial charge in [0.15, 0.2) is 0 Å². The molecule has 3 amide bonds. The summed E-state index contributed by atoms with van der Waals surface area (Å²) >= 11 is 1.58. The summed E-state index contributed by atoms with van der Waals surface area (Å²) < 4.78 is 11.0. The van der Waals surface area contributed by atoms with Gasteiger partial charge in [0, 0.05) is 31.0 Å². The lowest BCUT2D eigenvalue weighted by Gasteiger charge is -2.26. The molecule has 1 aliphatic rings. The number of aliphatic hydroxyl groups is 1. The number of aliphatic hydroxyl groups excluding tert-OH is 1. The summed E-state index contributed by atoms with van der Waals surface area (Å²) in [5.74, 6) is -0.778. The summed E-state index contributed by atoms with van der Waals surface area (Å²) in [4.78, 5) is 54.5. The van der Waals surface area contributed by atoms with Crippen LogP contribution in [0.4, 0.5) is 4.79 Å². The molecule has 0 fully saturated rings. The zero-order valence-corrected chi connectivity index (χ0v) is 27.7. The normalized spacial score (nSPS) is 18.4. The number of thioether (sulfide) groups is 1. The number of cyclic esters (lactones) is 1. The number of rotatable bonds is 13. The zero-order chi connectivity index (χ0) is 34.0. The Hall–Kier alpha value is -4.61. The van der Waals surface area contributed by atoms with Crippen LogP contribution in [0.1, 0.15) is 36.0 Å². The maximum absolute atomic E-state index is 13.6. The number of alkyl carbamates (subject to hydrolysis) is 1. The first-order valence-electron chi connectivity index (χ1n) is 16.0. The van der Waals surface area contributed by atoms with Crippen LogP contribution in [0.3, 0.4) is 0 Å². The molecule has 10 nitrogen and oxygen atoms in total. The third-order valence-electron chi connectivity index (χ3n) is 7.68. The number of hydrogen-bond acceptors (Lipinski definition) is 8. The number of carbonyl (C=O) groups is 4. The molecule has 0 aliphatic carbocycles. The van der Waals surface area contributed by atoms with E-state index < -0.39 is 30.1 Å². The fourth-order valence-corrected chi connectivity index (χ4v) is 6.09. The average molecular weight is 674 g/mol. The molecule has 1 heterocycles. The van der Waals surface area contributed by atoms with E-state index in [9.17, 15) is 24.3 Å². The van der Waals surface area contributed by atoms with Crippen molar-refractivity contribution in [2.24, 2.45) is 5.92 Å².